The smallest absolute Gasteiger partial charge is 0.260 e. The maximum absolute atomic E-state index is 13.1. The molecule has 1 amide bonds. The predicted octanol–water partition coefficient (Wildman–Crippen LogP) is 3.14. The molecule has 2 heterocycles. The molecule has 1 fully saturated rings. The fourth-order valence-corrected chi connectivity index (χ4v) is 4.05. The zero-order chi connectivity index (χ0) is 22.0. The van der Waals surface area contributed by atoms with Crippen molar-refractivity contribution in [2.45, 2.75) is 25.8 Å². The molecule has 31 heavy (non-hydrogen) atoms. The van der Waals surface area contributed by atoms with E-state index in [2.05, 4.69) is 0 Å². The topological polar surface area (TPSA) is 89.2 Å². The number of aliphatic hydroxyl groups is 1. The molecular formula is C24H25NO6. The molecule has 0 radical (unpaired) electrons. The molecule has 3 aromatic rings. The summed E-state index contributed by atoms with van der Waals surface area (Å²) in [4.78, 5) is 27.2. The monoisotopic (exact) mass is 423 g/mol. The Morgan fingerprint density at radius 2 is 1.94 bits per heavy atom. The van der Waals surface area contributed by atoms with Gasteiger partial charge in [-0.25, -0.2) is 0 Å². The highest BCUT2D eigenvalue weighted by Gasteiger charge is 2.28. The van der Waals surface area contributed by atoms with Gasteiger partial charge in [-0.1, -0.05) is 12.1 Å². The number of likely N-dealkylation sites (tertiary alicyclic amines) is 1. The van der Waals surface area contributed by atoms with Crippen molar-refractivity contribution in [3.05, 3.63) is 58.4 Å². The molecular weight excluding hydrogens is 398 g/mol. The minimum absolute atomic E-state index is 0.0390. The molecule has 2 aromatic carbocycles. The Labute approximate surface area is 179 Å². The highest BCUT2D eigenvalue weighted by atomic mass is 16.5. The van der Waals surface area contributed by atoms with Crippen LogP contribution >= 0.6 is 0 Å². The zero-order valence-corrected chi connectivity index (χ0v) is 17.6. The number of aliphatic hydroxyl groups excluding tert-OH is 1. The van der Waals surface area contributed by atoms with Crippen molar-refractivity contribution in [2.75, 3.05) is 26.9 Å². The van der Waals surface area contributed by atoms with E-state index >= 15 is 0 Å². The minimum Gasteiger partial charge on any atom is -0.497 e. The van der Waals surface area contributed by atoms with Crippen LogP contribution in [-0.2, 0) is 4.79 Å². The molecule has 0 saturated carbocycles. The number of fused-ring (bicyclic) bond motifs is 1. The average Bonchev–Trinajstić information content (AvgIpc) is 3.27. The van der Waals surface area contributed by atoms with Crippen molar-refractivity contribution in [1.29, 1.82) is 0 Å². The van der Waals surface area contributed by atoms with E-state index in [4.69, 9.17) is 13.9 Å². The van der Waals surface area contributed by atoms with E-state index in [1.54, 1.807) is 49.3 Å². The summed E-state index contributed by atoms with van der Waals surface area (Å²) in [6.07, 6.45) is 1.69. The fourth-order valence-electron chi connectivity index (χ4n) is 4.05. The van der Waals surface area contributed by atoms with Gasteiger partial charge in [-0.15, -0.1) is 0 Å². The zero-order valence-electron chi connectivity index (χ0n) is 17.6. The molecule has 162 valence electrons. The number of ether oxygens (including phenoxy) is 2. The summed E-state index contributed by atoms with van der Waals surface area (Å²) in [5.74, 6) is 1.49. The summed E-state index contributed by atoms with van der Waals surface area (Å²) < 4.78 is 16.8. The maximum Gasteiger partial charge on any atom is 0.260 e. The number of aryl methyl sites for hydroxylation is 1. The first kappa shape index (κ1) is 20.9. The van der Waals surface area contributed by atoms with Crippen LogP contribution in [-0.4, -0.2) is 48.8 Å². The van der Waals surface area contributed by atoms with Gasteiger partial charge in [0.05, 0.1) is 30.7 Å². The van der Waals surface area contributed by atoms with E-state index in [1.165, 1.54) is 0 Å². The summed E-state index contributed by atoms with van der Waals surface area (Å²) in [6, 6.07) is 12.1. The van der Waals surface area contributed by atoms with Gasteiger partial charge in [0, 0.05) is 12.6 Å². The molecule has 1 N–H and O–H groups in total. The van der Waals surface area contributed by atoms with Crippen molar-refractivity contribution in [1.82, 2.24) is 4.90 Å². The van der Waals surface area contributed by atoms with Gasteiger partial charge >= 0.3 is 0 Å². The number of methoxy groups -OCH3 is 1. The van der Waals surface area contributed by atoms with Crippen LogP contribution in [0.15, 0.2) is 51.7 Å². The first-order valence-corrected chi connectivity index (χ1v) is 10.3. The Bertz CT molecular complexity index is 1150. The molecule has 7 nitrogen and oxygen atoms in total. The van der Waals surface area contributed by atoms with Gasteiger partial charge in [0.25, 0.3) is 5.91 Å². The molecule has 1 atom stereocenters. The Kier molecular flexibility index (Phi) is 5.95. The third-order valence-corrected chi connectivity index (χ3v) is 5.69. The number of carbonyl (C=O) groups excluding carboxylic acids is 1. The van der Waals surface area contributed by atoms with Crippen molar-refractivity contribution in [3.63, 3.8) is 0 Å². The quantitative estimate of drug-likeness (QED) is 0.655. The third kappa shape index (κ3) is 4.14. The lowest BCUT2D eigenvalue weighted by Gasteiger charge is -2.22. The Hall–Kier alpha value is -3.32. The van der Waals surface area contributed by atoms with Crippen LogP contribution in [0.5, 0.6) is 11.5 Å². The van der Waals surface area contributed by atoms with Crippen LogP contribution < -0.4 is 14.9 Å². The molecule has 1 aliphatic heterocycles. The number of amides is 1. The van der Waals surface area contributed by atoms with Crippen molar-refractivity contribution < 1.29 is 23.8 Å². The van der Waals surface area contributed by atoms with Gasteiger partial charge in [-0.05, 0) is 49.6 Å². The second-order valence-corrected chi connectivity index (χ2v) is 7.60. The molecule has 1 aliphatic rings. The second kappa shape index (κ2) is 8.81. The molecule has 1 aromatic heterocycles. The first-order chi connectivity index (χ1) is 15.0. The van der Waals surface area contributed by atoms with Crippen LogP contribution in [0.25, 0.3) is 22.1 Å². The summed E-state index contributed by atoms with van der Waals surface area (Å²) in [6.45, 7) is 2.21. The van der Waals surface area contributed by atoms with E-state index in [1.807, 2.05) is 12.1 Å². The maximum atomic E-state index is 13.1. The Morgan fingerprint density at radius 3 is 2.65 bits per heavy atom. The molecule has 0 bridgehead atoms. The number of hydrogen-bond acceptors (Lipinski definition) is 6. The lowest BCUT2D eigenvalue weighted by molar-refractivity contribution is -0.134. The van der Waals surface area contributed by atoms with Crippen molar-refractivity contribution in [3.8, 4) is 22.6 Å². The molecule has 1 saturated heterocycles. The van der Waals surface area contributed by atoms with Crippen LogP contribution in [0.3, 0.4) is 0 Å². The van der Waals surface area contributed by atoms with Crippen molar-refractivity contribution in [2.24, 2.45) is 0 Å². The fraction of sp³-hybridized carbons (Fsp3) is 0.333. The first-order valence-electron chi connectivity index (χ1n) is 10.3. The SMILES string of the molecule is COc1ccc(-c2c(C)oc3cc(OCC(=O)N4CCCC4CO)ccc3c2=O)cc1. The standard InChI is InChI=1S/C24H25NO6/c1-15-23(16-5-7-18(29-2)8-6-16)24(28)20-10-9-19(12-21(20)31-15)30-14-22(27)25-11-3-4-17(25)13-26/h5-10,12,17,26H,3-4,11,13-14H2,1-2H3. The van der Waals surface area contributed by atoms with Crippen molar-refractivity contribution >= 4 is 16.9 Å². The highest BCUT2D eigenvalue weighted by molar-refractivity contribution is 5.84. The van der Waals surface area contributed by atoms with Crippen LogP contribution in [0.2, 0.25) is 0 Å². The van der Waals surface area contributed by atoms with E-state index in [0.29, 0.717) is 40.3 Å². The largest absolute Gasteiger partial charge is 0.497 e. The molecule has 7 heteroatoms. The van der Waals surface area contributed by atoms with Gasteiger partial charge in [0.1, 0.15) is 22.8 Å². The summed E-state index contributed by atoms with van der Waals surface area (Å²) >= 11 is 0. The average molecular weight is 423 g/mol. The Morgan fingerprint density at radius 1 is 1.19 bits per heavy atom. The number of rotatable bonds is 6. The van der Waals surface area contributed by atoms with Gasteiger partial charge in [-0.3, -0.25) is 9.59 Å². The van der Waals surface area contributed by atoms with Gasteiger partial charge in [-0.2, -0.15) is 0 Å². The number of benzene rings is 2. The van der Waals surface area contributed by atoms with Crippen LogP contribution in [0.1, 0.15) is 18.6 Å². The third-order valence-electron chi connectivity index (χ3n) is 5.69. The normalized spacial score (nSPS) is 16.0. The summed E-state index contributed by atoms with van der Waals surface area (Å²) in [5.41, 5.74) is 1.53. The van der Waals surface area contributed by atoms with Crippen LogP contribution in [0.4, 0.5) is 0 Å². The minimum atomic E-state index is -0.163. The molecule has 0 spiro atoms. The van der Waals surface area contributed by atoms with Gasteiger partial charge in [0.2, 0.25) is 5.43 Å². The summed E-state index contributed by atoms with van der Waals surface area (Å²) in [7, 11) is 1.59. The van der Waals surface area contributed by atoms with E-state index < -0.39 is 0 Å². The molecule has 4 rings (SSSR count). The van der Waals surface area contributed by atoms with E-state index in [-0.39, 0.29) is 30.6 Å². The Balaban J connectivity index is 1.57. The highest BCUT2D eigenvalue weighted by Crippen LogP contribution is 2.27. The molecule has 0 aliphatic carbocycles. The number of carbonyl (C=O) groups is 1. The molecule has 1 unspecified atom stereocenters. The van der Waals surface area contributed by atoms with E-state index in [0.717, 1.165) is 18.4 Å². The predicted molar refractivity (Wildman–Crippen MR) is 117 cm³/mol. The van der Waals surface area contributed by atoms with Crippen LogP contribution in [0, 0.1) is 6.92 Å². The summed E-state index contributed by atoms with van der Waals surface area (Å²) in [5, 5.41) is 9.83. The second-order valence-electron chi connectivity index (χ2n) is 7.60. The van der Waals surface area contributed by atoms with Gasteiger partial charge in [0.15, 0.2) is 6.61 Å². The lowest BCUT2D eigenvalue weighted by Crippen LogP contribution is -2.40. The lowest BCUT2D eigenvalue weighted by atomic mass is 10.0. The number of hydrogen-bond donors (Lipinski definition) is 1. The van der Waals surface area contributed by atoms with Gasteiger partial charge < -0.3 is 23.9 Å². The number of nitrogens with zero attached hydrogens (tertiary/aromatic N) is 1. The van der Waals surface area contributed by atoms with E-state index in [9.17, 15) is 14.7 Å².